The zero-order valence-corrected chi connectivity index (χ0v) is 8.85. The summed E-state index contributed by atoms with van der Waals surface area (Å²) in [5.74, 6) is 0. The van der Waals surface area contributed by atoms with Crippen molar-refractivity contribution in [2.75, 3.05) is 13.2 Å². The third-order valence-electron chi connectivity index (χ3n) is 3.18. The van der Waals surface area contributed by atoms with Crippen LogP contribution in [0.2, 0.25) is 0 Å². The molecule has 0 radical (unpaired) electrons. The summed E-state index contributed by atoms with van der Waals surface area (Å²) < 4.78 is 0. The summed E-state index contributed by atoms with van der Waals surface area (Å²) in [5.41, 5.74) is 0. The van der Waals surface area contributed by atoms with Crippen molar-refractivity contribution in [2.24, 2.45) is 0 Å². The van der Waals surface area contributed by atoms with Crippen molar-refractivity contribution in [3.05, 3.63) is 12.2 Å². The monoisotopic (exact) mass is 210 g/mol. The fourth-order valence-corrected chi connectivity index (χ4v) is 2.29. The van der Waals surface area contributed by atoms with E-state index in [4.69, 9.17) is 5.11 Å². The van der Waals surface area contributed by atoms with Gasteiger partial charge in [0.05, 0.1) is 12.6 Å². The maximum absolute atomic E-state index is 11.8. The lowest BCUT2D eigenvalue weighted by Gasteiger charge is -2.25. The predicted octanol–water partition coefficient (Wildman–Crippen LogP) is 0.871. The lowest BCUT2D eigenvalue weighted by molar-refractivity contribution is 0.155. The summed E-state index contributed by atoms with van der Waals surface area (Å²) in [6, 6.07) is 0.275. The van der Waals surface area contributed by atoms with Crippen LogP contribution in [0.5, 0.6) is 0 Å². The average molecular weight is 210 g/mol. The maximum Gasteiger partial charge on any atom is 0.317 e. The molecule has 0 aromatic carbocycles. The van der Waals surface area contributed by atoms with Gasteiger partial charge in [-0.1, -0.05) is 12.2 Å². The Labute approximate surface area is 90.0 Å². The first-order valence-corrected chi connectivity index (χ1v) is 5.64. The van der Waals surface area contributed by atoms with Gasteiger partial charge in [-0.25, -0.2) is 4.79 Å². The van der Waals surface area contributed by atoms with E-state index in [0.717, 1.165) is 32.2 Å². The van der Waals surface area contributed by atoms with Crippen molar-refractivity contribution in [1.82, 2.24) is 10.2 Å². The molecule has 0 spiro atoms. The molecule has 1 fully saturated rings. The smallest absolute Gasteiger partial charge is 0.317 e. The number of carbonyl (C=O) groups is 1. The zero-order chi connectivity index (χ0) is 10.7. The highest BCUT2D eigenvalue weighted by Crippen LogP contribution is 2.17. The van der Waals surface area contributed by atoms with Gasteiger partial charge in [-0.3, -0.25) is 0 Å². The fraction of sp³-hybridized carbons (Fsp3) is 0.727. The molecule has 0 saturated carbocycles. The molecule has 1 atom stereocenters. The second kappa shape index (κ2) is 4.66. The van der Waals surface area contributed by atoms with E-state index < -0.39 is 0 Å². The summed E-state index contributed by atoms with van der Waals surface area (Å²) in [4.78, 5) is 13.6. The fourth-order valence-electron chi connectivity index (χ4n) is 2.29. The van der Waals surface area contributed by atoms with E-state index in [2.05, 4.69) is 17.5 Å². The SMILES string of the molecule is O=C(NC1CC=CC1)N1CCC[C@@H]1CO. The number of nitrogens with one attached hydrogen (secondary N) is 1. The summed E-state index contributed by atoms with van der Waals surface area (Å²) in [5, 5.41) is 12.1. The van der Waals surface area contributed by atoms with Gasteiger partial charge in [-0.15, -0.1) is 0 Å². The highest BCUT2D eigenvalue weighted by Gasteiger charge is 2.29. The molecule has 1 saturated heterocycles. The Morgan fingerprint density at radius 3 is 2.87 bits per heavy atom. The second-order valence-electron chi connectivity index (χ2n) is 4.26. The molecular formula is C11H18N2O2. The van der Waals surface area contributed by atoms with Gasteiger partial charge in [0.1, 0.15) is 0 Å². The Bertz CT molecular complexity index is 257. The van der Waals surface area contributed by atoms with Gasteiger partial charge in [0.15, 0.2) is 0 Å². The van der Waals surface area contributed by atoms with Crippen LogP contribution in [0.15, 0.2) is 12.2 Å². The molecule has 15 heavy (non-hydrogen) atoms. The quantitative estimate of drug-likeness (QED) is 0.664. The van der Waals surface area contributed by atoms with Crippen LogP contribution in [-0.4, -0.2) is 41.3 Å². The Morgan fingerprint density at radius 2 is 2.20 bits per heavy atom. The highest BCUT2D eigenvalue weighted by atomic mass is 16.3. The van der Waals surface area contributed by atoms with Crippen LogP contribution in [0.1, 0.15) is 25.7 Å². The number of carbonyl (C=O) groups excluding carboxylic acids is 1. The summed E-state index contributed by atoms with van der Waals surface area (Å²) in [7, 11) is 0. The van der Waals surface area contributed by atoms with E-state index in [1.807, 2.05) is 0 Å². The summed E-state index contributed by atoms with van der Waals surface area (Å²) in [6.07, 6.45) is 7.98. The minimum Gasteiger partial charge on any atom is -0.394 e. The minimum atomic E-state index is -0.0137. The van der Waals surface area contributed by atoms with E-state index in [0.29, 0.717) is 0 Å². The van der Waals surface area contributed by atoms with Crippen LogP contribution >= 0.6 is 0 Å². The molecule has 0 aromatic rings. The number of aliphatic hydroxyl groups excluding tert-OH is 1. The minimum absolute atomic E-state index is 0.0137. The molecule has 2 amide bonds. The number of likely N-dealkylation sites (tertiary alicyclic amines) is 1. The lowest BCUT2D eigenvalue weighted by Crippen LogP contribution is -2.47. The topological polar surface area (TPSA) is 52.6 Å². The molecule has 0 bridgehead atoms. The maximum atomic E-state index is 11.8. The Hall–Kier alpha value is -1.03. The van der Waals surface area contributed by atoms with Crippen LogP contribution in [0, 0.1) is 0 Å². The first kappa shape index (κ1) is 10.5. The largest absolute Gasteiger partial charge is 0.394 e. The van der Waals surface area contributed by atoms with E-state index in [1.165, 1.54) is 0 Å². The highest BCUT2D eigenvalue weighted by molar-refractivity contribution is 5.75. The van der Waals surface area contributed by atoms with Crippen molar-refractivity contribution < 1.29 is 9.90 Å². The Balaban J connectivity index is 1.84. The van der Waals surface area contributed by atoms with E-state index in [1.54, 1.807) is 4.90 Å². The molecule has 4 nitrogen and oxygen atoms in total. The van der Waals surface area contributed by atoms with Crippen molar-refractivity contribution in [1.29, 1.82) is 0 Å². The van der Waals surface area contributed by atoms with Crippen molar-refractivity contribution in [3.63, 3.8) is 0 Å². The van der Waals surface area contributed by atoms with E-state index in [9.17, 15) is 4.79 Å². The summed E-state index contributed by atoms with van der Waals surface area (Å²) >= 11 is 0. The molecule has 1 aliphatic heterocycles. The van der Waals surface area contributed by atoms with E-state index in [-0.39, 0.29) is 24.7 Å². The van der Waals surface area contributed by atoms with Gasteiger partial charge in [0.25, 0.3) is 0 Å². The van der Waals surface area contributed by atoms with Crippen LogP contribution in [-0.2, 0) is 0 Å². The second-order valence-corrected chi connectivity index (χ2v) is 4.26. The van der Waals surface area contributed by atoms with Crippen LogP contribution in [0.3, 0.4) is 0 Å². The van der Waals surface area contributed by atoms with Crippen LogP contribution in [0.25, 0.3) is 0 Å². The van der Waals surface area contributed by atoms with E-state index >= 15 is 0 Å². The zero-order valence-electron chi connectivity index (χ0n) is 8.85. The van der Waals surface area contributed by atoms with Gasteiger partial charge in [0, 0.05) is 12.6 Å². The number of amides is 2. The Kier molecular flexibility index (Phi) is 3.26. The normalized spacial score (nSPS) is 26.2. The number of aliphatic hydroxyl groups is 1. The third kappa shape index (κ3) is 2.31. The van der Waals surface area contributed by atoms with Crippen LogP contribution < -0.4 is 5.32 Å². The first-order valence-electron chi connectivity index (χ1n) is 5.64. The lowest BCUT2D eigenvalue weighted by atomic mass is 10.2. The summed E-state index contributed by atoms with van der Waals surface area (Å²) in [6.45, 7) is 0.855. The number of urea groups is 1. The third-order valence-corrected chi connectivity index (χ3v) is 3.18. The number of rotatable bonds is 2. The molecule has 2 N–H and O–H groups in total. The predicted molar refractivity (Wildman–Crippen MR) is 57.5 cm³/mol. The van der Waals surface area contributed by atoms with Gasteiger partial charge in [-0.05, 0) is 25.7 Å². The van der Waals surface area contributed by atoms with Gasteiger partial charge < -0.3 is 15.3 Å². The number of hydrogen-bond donors (Lipinski definition) is 2. The molecular weight excluding hydrogens is 192 g/mol. The van der Waals surface area contributed by atoms with Crippen molar-refractivity contribution in [2.45, 2.75) is 37.8 Å². The van der Waals surface area contributed by atoms with Crippen molar-refractivity contribution in [3.8, 4) is 0 Å². The standard InChI is InChI=1S/C11H18N2O2/c14-8-10-6-3-7-13(10)11(15)12-9-4-1-2-5-9/h1-2,9-10,14H,3-8H2,(H,12,15)/t10-/m1/s1. The van der Waals surface area contributed by atoms with Crippen molar-refractivity contribution >= 4 is 6.03 Å². The number of hydrogen-bond acceptors (Lipinski definition) is 2. The first-order chi connectivity index (χ1) is 7.31. The molecule has 1 aliphatic carbocycles. The molecule has 2 aliphatic rings. The van der Waals surface area contributed by atoms with Gasteiger partial charge in [0.2, 0.25) is 0 Å². The Morgan fingerprint density at radius 1 is 1.47 bits per heavy atom. The van der Waals surface area contributed by atoms with Gasteiger partial charge >= 0.3 is 6.03 Å². The molecule has 1 heterocycles. The molecule has 4 heteroatoms. The number of nitrogens with zero attached hydrogens (tertiary/aromatic N) is 1. The molecule has 84 valence electrons. The van der Waals surface area contributed by atoms with Gasteiger partial charge in [-0.2, -0.15) is 0 Å². The molecule has 0 unspecified atom stereocenters. The molecule has 2 rings (SSSR count). The molecule has 0 aromatic heterocycles. The van der Waals surface area contributed by atoms with Crippen LogP contribution in [0.4, 0.5) is 4.79 Å². The average Bonchev–Trinajstić information content (AvgIpc) is 2.86.